The van der Waals surface area contributed by atoms with Crippen molar-refractivity contribution in [3.63, 3.8) is 0 Å². The predicted octanol–water partition coefficient (Wildman–Crippen LogP) is 4.15. The van der Waals surface area contributed by atoms with Crippen molar-refractivity contribution >= 4 is 11.7 Å². The van der Waals surface area contributed by atoms with Crippen molar-refractivity contribution in [1.29, 1.82) is 0 Å². The van der Waals surface area contributed by atoms with Crippen LogP contribution in [0.3, 0.4) is 0 Å². The molecule has 0 aromatic heterocycles. The highest BCUT2D eigenvalue weighted by molar-refractivity contribution is 5.89. The molecular weight excluding hydrogens is 288 g/mol. The zero-order valence-electron chi connectivity index (χ0n) is 13.3. The van der Waals surface area contributed by atoms with E-state index in [1.165, 1.54) is 30.0 Å². The first-order chi connectivity index (χ1) is 11.1. The highest BCUT2D eigenvalue weighted by atomic mass is 16.3. The van der Waals surface area contributed by atoms with Crippen molar-refractivity contribution in [2.45, 2.75) is 38.6 Å². The lowest BCUT2D eigenvalue weighted by Gasteiger charge is -2.20. The Morgan fingerprint density at radius 3 is 2.65 bits per heavy atom. The summed E-state index contributed by atoms with van der Waals surface area (Å²) in [4.78, 5) is 12.1. The maximum atomic E-state index is 12.1. The van der Waals surface area contributed by atoms with E-state index in [1.807, 2.05) is 6.92 Å². The van der Waals surface area contributed by atoms with Crippen LogP contribution < -0.4 is 10.6 Å². The number of nitrogens with one attached hydrogen (secondary N) is 2. The minimum Gasteiger partial charge on any atom is -0.508 e. The van der Waals surface area contributed by atoms with Gasteiger partial charge in [-0.25, -0.2) is 4.79 Å². The van der Waals surface area contributed by atoms with Crippen LogP contribution in [0.2, 0.25) is 0 Å². The quantitative estimate of drug-likeness (QED) is 0.797. The molecule has 2 aromatic rings. The normalized spacial score (nSPS) is 14.7. The van der Waals surface area contributed by atoms with E-state index in [0.717, 1.165) is 18.4 Å². The lowest BCUT2D eigenvalue weighted by Crippen LogP contribution is -2.31. The van der Waals surface area contributed by atoms with Crippen LogP contribution >= 0.6 is 0 Å². The fraction of sp³-hybridized carbons (Fsp3) is 0.316. The number of rotatable bonds is 3. The monoisotopic (exact) mass is 310 g/mol. The molecular formula is C19H22N2O2. The lowest BCUT2D eigenvalue weighted by molar-refractivity contribution is 0.249. The summed E-state index contributed by atoms with van der Waals surface area (Å²) in [6, 6.07) is 12.7. The molecule has 4 heteroatoms. The van der Waals surface area contributed by atoms with Crippen molar-refractivity contribution in [2.75, 3.05) is 5.32 Å². The van der Waals surface area contributed by atoms with Gasteiger partial charge in [0, 0.05) is 11.8 Å². The molecule has 23 heavy (non-hydrogen) atoms. The summed E-state index contributed by atoms with van der Waals surface area (Å²) in [6.07, 6.45) is 4.81. The Morgan fingerprint density at radius 2 is 1.87 bits per heavy atom. The first-order valence-corrected chi connectivity index (χ1v) is 8.10. The van der Waals surface area contributed by atoms with E-state index in [0.29, 0.717) is 5.69 Å². The number of carbonyl (C=O) groups is 1. The molecule has 2 amide bonds. The molecule has 3 N–H and O–H groups in total. The van der Waals surface area contributed by atoms with Crippen molar-refractivity contribution < 1.29 is 9.90 Å². The van der Waals surface area contributed by atoms with Crippen molar-refractivity contribution in [3.8, 4) is 5.75 Å². The van der Waals surface area contributed by atoms with Crippen molar-refractivity contribution in [2.24, 2.45) is 0 Å². The van der Waals surface area contributed by atoms with Crippen LogP contribution in [0.4, 0.5) is 10.5 Å². The Hall–Kier alpha value is -2.49. The molecule has 0 bridgehead atoms. The van der Waals surface area contributed by atoms with E-state index in [1.54, 1.807) is 18.2 Å². The molecule has 0 saturated carbocycles. The third-order valence-corrected chi connectivity index (χ3v) is 4.32. The summed E-state index contributed by atoms with van der Waals surface area (Å²) in [6.45, 7) is 1.98. The molecule has 0 aliphatic heterocycles. The Balaban J connectivity index is 1.64. The molecule has 120 valence electrons. The number of phenols is 1. The summed E-state index contributed by atoms with van der Waals surface area (Å²) in [5.41, 5.74) is 4.55. The number of aryl methyl sites for hydroxylation is 2. The van der Waals surface area contributed by atoms with E-state index < -0.39 is 0 Å². The van der Waals surface area contributed by atoms with Crippen LogP contribution in [-0.4, -0.2) is 11.1 Å². The maximum Gasteiger partial charge on any atom is 0.319 e. The molecule has 1 aliphatic rings. The van der Waals surface area contributed by atoms with E-state index in [2.05, 4.69) is 28.8 Å². The topological polar surface area (TPSA) is 61.4 Å². The van der Waals surface area contributed by atoms with Crippen LogP contribution in [0.25, 0.3) is 0 Å². The van der Waals surface area contributed by atoms with Crippen LogP contribution in [0, 0.1) is 0 Å². The first kappa shape index (κ1) is 15.4. The number of benzene rings is 2. The minimum atomic E-state index is -0.277. The molecule has 0 heterocycles. The second-order valence-corrected chi connectivity index (χ2v) is 6.11. The largest absolute Gasteiger partial charge is 0.508 e. The van der Waals surface area contributed by atoms with Crippen molar-refractivity contribution in [3.05, 3.63) is 59.2 Å². The molecule has 1 aliphatic carbocycles. The van der Waals surface area contributed by atoms with Gasteiger partial charge in [-0.2, -0.15) is 0 Å². The number of anilines is 1. The third-order valence-electron chi connectivity index (χ3n) is 4.32. The number of hydrogen-bond donors (Lipinski definition) is 3. The second-order valence-electron chi connectivity index (χ2n) is 6.11. The van der Waals surface area contributed by atoms with Gasteiger partial charge in [0.1, 0.15) is 5.75 Å². The molecule has 0 radical (unpaired) electrons. The van der Waals surface area contributed by atoms with Crippen LogP contribution in [0.5, 0.6) is 5.75 Å². The molecule has 1 unspecified atom stereocenters. The van der Waals surface area contributed by atoms with Crippen LogP contribution in [0.15, 0.2) is 42.5 Å². The molecule has 3 rings (SSSR count). The zero-order chi connectivity index (χ0) is 16.2. The highest BCUT2D eigenvalue weighted by Gasteiger charge is 2.14. The minimum absolute atomic E-state index is 0.0699. The zero-order valence-corrected chi connectivity index (χ0v) is 13.3. The SMILES string of the molecule is CC(NC(=O)Nc1cccc(O)c1)c1ccc2c(c1)CCCC2. The van der Waals surface area contributed by atoms with Crippen molar-refractivity contribution in [1.82, 2.24) is 5.32 Å². The van der Waals surface area contributed by atoms with Gasteiger partial charge >= 0.3 is 6.03 Å². The smallest absolute Gasteiger partial charge is 0.319 e. The van der Waals surface area contributed by atoms with E-state index in [-0.39, 0.29) is 17.8 Å². The number of amides is 2. The van der Waals surface area contributed by atoms with Gasteiger partial charge in [0.15, 0.2) is 0 Å². The summed E-state index contributed by atoms with van der Waals surface area (Å²) in [5.74, 6) is 0.130. The number of fused-ring (bicyclic) bond motifs is 1. The second kappa shape index (κ2) is 6.73. The van der Waals surface area contributed by atoms with Gasteiger partial charge in [0.25, 0.3) is 0 Å². The molecule has 1 atom stereocenters. The van der Waals surface area contributed by atoms with Gasteiger partial charge in [0.2, 0.25) is 0 Å². The van der Waals surface area contributed by atoms with Crippen LogP contribution in [-0.2, 0) is 12.8 Å². The van der Waals surface area contributed by atoms with Gasteiger partial charge in [-0.05, 0) is 61.4 Å². The predicted molar refractivity (Wildman–Crippen MR) is 91.8 cm³/mol. The average Bonchev–Trinajstić information content (AvgIpc) is 2.54. The van der Waals surface area contributed by atoms with Crippen LogP contribution in [0.1, 0.15) is 42.5 Å². The van der Waals surface area contributed by atoms with Gasteiger partial charge < -0.3 is 15.7 Å². The fourth-order valence-electron chi connectivity index (χ4n) is 3.05. The van der Waals surface area contributed by atoms with Gasteiger partial charge in [-0.3, -0.25) is 0 Å². The molecule has 0 saturated heterocycles. The molecule has 0 fully saturated rings. The Morgan fingerprint density at radius 1 is 1.09 bits per heavy atom. The Bertz CT molecular complexity index is 712. The number of aromatic hydroxyl groups is 1. The van der Waals surface area contributed by atoms with E-state index >= 15 is 0 Å². The number of phenolic OH excluding ortho intramolecular Hbond substituents is 1. The van der Waals surface area contributed by atoms with E-state index in [4.69, 9.17) is 0 Å². The summed E-state index contributed by atoms with van der Waals surface area (Å²) < 4.78 is 0. The number of carbonyl (C=O) groups excluding carboxylic acids is 1. The fourth-order valence-corrected chi connectivity index (χ4v) is 3.05. The number of hydrogen-bond acceptors (Lipinski definition) is 2. The molecule has 4 nitrogen and oxygen atoms in total. The third kappa shape index (κ3) is 3.83. The van der Waals surface area contributed by atoms with Gasteiger partial charge in [-0.1, -0.05) is 24.3 Å². The lowest BCUT2D eigenvalue weighted by atomic mass is 9.89. The van der Waals surface area contributed by atoms with Gasteiger partial charge in [0.05, 0.1) is 6.04 Å². The number of urea groups is 1. The molecule has 2 aromatic carbocycles. The summed E-state index contributed by atoms with van der Waals surface area (Å²) >= 11 is 0. The Labute approximate surface area is 136 Å². The Kier molecular flexibility index (Phi) is 4.51. The standard InChI is InChI=1S/C19H22N2O2/c1-13(15-10-9-14-5-2-3-6-16(14)11-15)20-19(23)21-17-7-4-8-18(22)12-17/h4,7-13,22H,2-3,5-6H2,1H3,(H2,20,21,23). The van der Waals surface area contributed by atoms with E-state index in [9.17, 15) is 9.90 Å². The maximum absolute atomic E-state index is 12.1. The molecule has 0 spiro atoms. The first-order valence-electron chi connectivity index (χ1n) is 8.10. The van der Waals surface area contributed by atoms with Gasteiger partial charge in [-0.15, -0.1) is 0 Å². The average molecular weight is 310 g/mol. The summed E-state index contributed by atoms with van der Waals surface area (Å²) in [7, 11) is 0. The summed E-state index contributed by atoms with van der Waals surface area (Å²) in [5, 5.41) is 15.1. The highest BCUT2D eigenvalue weighted by Crippen LogP contribution is 2.25.